The molecule has 0 bridgehead atoms. The standard InChI is InChI=1S/C11H13NO4S/c1-6-3-4-9-8(5-6)12-7(2)10(11(13)14)17(9,15)16/h3-5,7,10,12H,1-2H3,(H,13,14). The molecule has 2 unspecified atom stereocenters. The number of hydrogen-bond acceptors (Lipinski definition) is 4. The van der Waals surface area contributed by atoms with Gasteiger partial charge in [-0.05, 0) is 31.5 Å². The first-order valence-corrected chi connectivity index (χ1v) is 6.72. The van der Waals surface area contributed by atoms with Gasteiger partial charge in [0.2, 0.25) is 0 Å². The smallest absolute Gasteiger partial charge is 0.324 e. The SMILES string of the molecule is Cc1ccc2c(c1)NC(C)C(C(=O)O)S2(=O)=O. The number of carboxylic acid groups (broad SMARTS) is 1. The summed E-state index contributed by atoms with van der Waals surface area (Å²) in [6.07, 6.45) is 0. The minimum absolute atomic E-state index is 0.0635. The fourth-order valence-corrected chi connectivity index (χ4v) is 3.90. The Labute approximate surface area is 99.4 Å². The molecule has 0 aromatic heterocycles. The molecule has 1 aromatic rings. The third kappa shape index (κ3) is 1.78. The van der Waals surface area contributed by atoms with E-state index >= 15 is 0 Å². The molecule has 0 saturated heterocycles. The van der Waals surface area contributed by atoms with E-state index in [9.17, 15) is 13.2 Å². The minimum atomic E-state index is -3.81. The van der Waals surface area contributed by atoms with Crippen LogP contribution in [0.3, 0.4) is 0 Å². The molecule has 1 aliphatic heterocycles. The van der Waals surface area contributed by atoms with Crippen LogP contribution in [0.15, 0.2) is 23.1 Å². The van der Waals surface area contributed by atoms with E-state index in [2.05, 4.69) is 5.32 Å². The highest BCUT2D eigenvalue weighted by Gasteiger charge is 2.43. The molecule has 6 heteroatoms. The van der Waals surface area contributed by atoms with Crippen LogP contribution in [0.2, 0.25) is 0 Å². The van der Waals surface area contributed by atoms with Gasteiger partial charge in [-0.3, -0.25) is 4.79 Å². The van der Waals surface area contributed by atoms with Crippen molar-refractivity contribution < 1.29 is 18.3 Å². The number of fused-ring (bicyclic) bond motifs is 1. The van der Waals surface area contributed by atoms with Gasteiger partial charge in [-0.1, -0.05) is 6.07 Å². The second kappa shape index (κ2) is 3.73. The Morgan fingerprint density at radius 3 is 2.65 bits per heavy atom. The van der Waals surface area contributed by atoms with E-state index in [1.54, 1.807) is 19.1 Å². The minimum Gasteiger partial charge on any atom is -0.480 e. The quantitative estimate of drug-likeness (QED) is 0.783. The largest absolute Gasteiger partial charge is 0.480 e. The second-order valence-electron chi connectivity index (χ2n) is 4.24. The van der Waals surface area contributed by atoms with Crippen molar-refractivity contribution >= 4 is 21.5 Å². The lowest BCUT2D eigenvalue weighted by Crippen LogP contribution is -2.46. The molecule has 0 aliphatic carbocycles. The Kier molecular flexibility index (Phi) is 2.61. The summed E-state index contributed by atoms with van der Waals surface area (Å²) < 4.78 is 24.3. The number of carboxylic acids is 1. The lowest BCUT2D eigenvalue weighted by Gasteiger charge is -2.29. The number of carbonyl (C=O) groups is 1. The van der Waals surface area contributed by atoms with Crippen molar-refractivity contribution in [2.75, 3.05) is 5.32 Å². The molecule has 1 heterocycles. The summed E-state index contributed by atoms with van der Waals surface area (Å²) in [6.45, 7) is 3.41. The third-order valence-electron chi connectivity index (χ3n) is 2.86. The Hall–Kier alpha value is -1.56. The van der Waals surface area contributed by atoms with Crippen molar-refractivity contribution in [1.29, 1.82) is 0 Å². The van der Waals surface area contributed by atoms with E-state index in [-0.39, 0.29) is 4.90 Å². The van der Waals surface area contributed by atoms with Gasteiger partial charge in [0.1, 0.15) is 0 Å². The summed E-state index contributed by atoms with van der Waals surface area (Å²) in [5.74, 6) is -1.32. The molecule has 1 aromatic carbocycles. The van der Waals surface area contributed by atoms with Gasteiger partial charge in [0.15, 0.2) is 15.1 Å². The second-order valence-corrected chi connectivity index (χ2v) is 6.27. The molecule has 17 heavy (non-hydrogen) atoms. The van der Waals surface area contributed by atoms with E-state index in [1.165, 1.54) is 6.07 Å². The summed E-state index contributed by atoms with van der Waals surface area (Å²) in [6, 6.07) is 4.18. The van der Waals surface area contributed by atoms with Gasteiger partial charge in [-0.15, -0.1) is 0 Å². The van der Waals surface area contributed by atoms with Crippen LogP contribution in [0.5, 0.6) is 0 Å². The van der Waals surface area contributed by atoms with Crippen molar-refractivity contribution in [2.24, 2.45) is 0 Å². The molecule has 2 N–H and O–H groups in total. The van der Waals surface area contributed by atoms with Crippen LogP contribution >= 0.6 is 0 Å². The maximum Gasteiger partial charge on any atom is 0.324 e. The molecular formula is C11H13NO4S. The van der Waals surface area contributed by atoms with Gasteiger partial charge in [0, 0.05) is 0 Å². The van der Waals surface area contributed by atoms with Crippen LogP contribution in [0.4, 0.5) is 5.69 Å². The topological polar surface area (TPSA) is 83.5 Å². The highest BCUT2D eigenvalue weighted by Crippen LogP contribution is 2.33. The Morgan fingerprint density at radius 2 is 2.06 bits per heavy atom. The predicted molar refractivity (Wildman–Crippen MR) is 62.9 cm³/mol. The Bertz CT molecular complexity index is 579. The van der Waals surface area contributed by atoms with Gasteiger partial charge in [0.25, 0.3) is 0 Å². The van der Waals surface area contributed by atoms with Gasteiger partial charge in [-0.25, -0.2) is 8.42 Å². The van der Waals surface area contributed by atoms with E-state index in [0.29, 0.717) is 5.69 Å². The number of sulfone groups is 1. The summed E-state index contributed by atoms with van der Waals surface area (Å²) in [4.78, 5) is 11.1. The molecule has 0 saturated carbocycles. The maximum absolute atomic E-state index is 12.1. The average Bonchev–Trinajstić information content (AvgIpc) is 2.14. The lowest BCUT2D eigenvalue weighted by atomic mass is 10.1. The normalized spacial score (nSPS) is 25.8. The third-order valence-corrected chi connectivity index (χ3v) is 5.10. The zero-order valence-corrected chi connectivity index (χ0v) is 10.3. The van der Waals surface area contributed by atoms with Crippen molar-refractivity contribution in [3.8, 4) is 0 Å². The molecule has 2 rings (SSSR count). The molecule has 92 valence electrons. The van der Waals surface area contributed by atoms with Gasteiger partial charge in [0.05, 0.1) is 16.6 Å². The molecule has 0 amide bonds. The molecule has 0 radical (unpaired) electrons. The zero-order chi connectivity index (χ0) is 12.8. The van der Waals surface area contributed by atoms with Gasteiger partial charge in [-0.2, -0.15) is 0 Å². The molecule has 0 spiro atoms. The fraction of sp³-hybridized carbons (Fsp3) is 0.364. The van der Waals surface area contributed by atoms with E-state index in [1.807, 2.05) is 6.92 Å². The van der Waals surface area contributed by atoms with Gasteiger partial charge >= 0.3 is 5.97 Å². The van der Waals surface area contributed by atoms with E-state index in [0.717, 1.165) is 5.56 Å². The highest BCUT2D eigenvalue weighted by molar-refractivity contribution is 7.93. The first kappa shape index (κ1) is 11.9. The van der Waals surface area contributed by atoms with Crippen molar-refractivity contribution in [3.63, 3.8) is 0 Å². The van der Waals surface area contributed by atoms with Crippen LogP contribution in [-0.4, -0.2) is 30.8 Å². The van der Waals surface area contributed by atoms with E-state index in [4.69, 9.17) is 5.11 Å². The number of benzene rings is 1. The van der Waals surface area contributed by atoms with Crippen LogP contribution in [0.1, 0.15) is 12.5 Å². The predicted octanol–water partition coefficient (Wildman–Crippen LogP) is 1.04. The fourth-order valence-electron chi connectivity index (χ4n) is 2.08. The van der Waals surface area contributed by atoms with Crippen LogP contribution in [0, 0.1) is 6.92 Å². The molecular weight excluding hydrogens is 242 g/mol. The average molecular weight is 255 g/mol. The summed E-state index contributed by atoms with van der Waals surface area (Å²) in [7, 11) is -3.81. The Balaban J connectivity index is 2.66. The lowest BCUT2D eigenvalue weighted by molar-refractivity contribution is -0.136. The summed E-state index contributed by atoms with van der Waals surface area (Å²) >= 11 is 0. The number of anilines is 1. The summed E-state index contributed by atoms with van der Waals surface area (Å²) in [5.41, 5.74) is 1.41. The summed E-state index contributed by atoms with van der Waals surface area (Å²) in [5, 5.41) is 10.5. The molecule has 0 fully saturated rings. The maximum atomic E-state index is 12.1. The number of nitrogens with one attached hydrogen (secondary N) is 1. The van der Waals surface area contributed by atoms with Gasteiger partial charge < -0.3 is 10.4 Å². The van der Waals surface area contributed by atoms with Crippen molar-refractivity contribution in [3.05, 3.63) is 23.8 Å². The molecule has 1 aliphatic rings. The van der Waals surface area contributed by atoms with Crippen molar-refractivity contribution in [2.45, 2.75) is 30.0 Å². The van der Waals surface area contributed by atoms with Crippen LogP contribution in [0.25, 0.3) is 0 Å². The Morgan fingerprint density at radius 1 is 1.41 bits per heavy atom. The first-order chi connectivity index (χ1) is 7.84. The number of aryl methyl sites for hydroxylation is 1. The monoisotopic (exact) mass is 255 g/mol. The van der Waals surface area contributed by atoms with Crippen LogP contribution < -0.4 is 5.32 Å². The number of hydrogen-bond donors (Lipinski definition) is 2. The molecule has 5 nitrogen and oxygen atoms in total. The van der Waals surface area contributed by atoms with Crippen LogP contribution in [-0.2, 0) is 14.6 Å². The highest BCUT2D eigenvalue weighted by atomic mass is 32.2. The zero-order valence-electron chi connectivity index (χ0n) is 9.47. The first-order valence-electron chi connectivity index (χ1n) is 5.18. The van der Waals surface area contributed by atoms with Crippen molar-refractivity contribution in [1.82, 2.24) is 0 Å². The number of rotatable bonds is 1. The molecule has 2 atom stereocenters. The number of aliphatic carboxylic acids is 1. The van der Waals surface area contributed by atoms with E-state index < -0.39 is 27.1 Å².